The highest BCUT2D eigenvalue weighted by Gasteiger charge is 2.47. The minimum absolute atomic E-state index is 0.0765. The average Bonchev–Trinajstić information content (AvgIpc) is 3.04. The Morgan fingerprint density at radius 2 is 1.74 bits per heavy atom. The lowest BCUT2D eigenvalue weighted by molar-refractivity contribution is -0.401. The number of anilines is 1. The predicted molar refractivity (Wildman–Crippen MR) is 150 cm³/mol. The molecule has 176 valence electrons. The van der Waals surface area contributed by atoms with Gasteiger partial charge < -0.3 is 4.90 Å². The molecule has 0 amide bonds. The normalized spacial score (nSPS) is 21.4. The number of nitrogens with zero attached hydrogens (tertiary/aromatic N) is 2. The topological polar surface area (TPSA) is 6.25 Å². The van der Waals surface area contributed by atoms with Crippen molar-refractivity contribution in [1.29, 1.82) is 0 Å². The van der Waals surface area contributed by atoms with Gasteiger partial charge in [-0.2, -0.15) is 4.58 Å². The number of allylic oxidation sites excluding steroid dienone is 6. The van der Waals surface area contributed by atoms with Crippen molar-refractivity contribution in [2.75, 3.05) is 25.0 Å². The fraction of sp³-hybridized carbons (Fsp3) is 0.344. The van der Waals surface area contributed by atoms with Crippen LogP contribution in [0.5, 0.6) is 0 Å². The molecule has 2 heteroatoms. The fourth-order valence-corrected chi connectivity index (χ4v) is 5.49. The monoisotopic (exact) mass is 451 g/mol. The lowest BCUT2D eigenvalue weighted by atomic mass is 9.73. The van der Waals surface area contributed by atoms with Gasteiger partial charge in [-0.05, 0) is 81.9 Å². The van der Waals surface area contributed by atoms with Crippen molar-refractivity contribution in [1.82, 2.24) is 0 Å². The predicted octanol–water partition coefficient (Wildman–Crippen LogP) is 7.71. The van der Waals surface area contributed by atoms with Crippen LogP contribution in [0.15, 0.2) is 72.9 Å². The molecule has 1 unspecified atom stereocenters. The van der Waals surface area contributed by atoms with Crippen molar-refractivity contribution in [2.24, 2.45) is 0 Å². The molecule has 2 aliphatic rings. The van der Waals surface area contributed by atoms with Gasteiger partial charge in [0, 0.05) is 36.5 Å². The van der Waals surface area contributed by atoms with Gasteiger partial charge in [0.15, 0.2) is 5.71 Å². The highest BCUT2D eigenvalue weighted by atomic mass is 15.1. The molecule has 1 heterocycles. The molecule has 1 aliphatic carbocycles. The van der Waals surface area contributed by atoms with Gasteiger partial charge in [0.1, 0.15) is 7.05 Å². The molecular weight excluding hydrogens is 412 g/mol. The first kappa shape index (κ1) is 24.0. The van der Waals surface area contributed by atoms with Crippen molar-refractivity contribution in [3.05, 3.63) is 95.1 Å². The molecular formula is C32H39N2+. The molecule has 34 heavy (non-hydrogen) atoms. The van der Waals surface area contributed by atoms with Crippen LogP contribution in [0.4, 0.5) is 11.4 Å². The van der Waals surface area contributed by atoms with Gasteiger partial charge in [0.05, 0.1) is 5.41 Å². The van der Waals surface area contributed by atoms with E-state index in [2.05, 4.69) is 129 Å². The van der Waals surface area contributed by atoms with Gasteiger partial charge in [-0.1, -0.05) is 54.7 Å². The number of benzene rings is 2. The highest BCUT2D eigenvalue weighted by molar-refractivity contribution is 6.06. The van der Waals surface area contributed by atoms with Crippen LogP contribution in [-0.2, 0) is 11.8 Å². The van der Waals surface area contributed by atoms with E-state index >= 15 is 0 Å². The largest absolute Gasteiger partial charge is 0.372 e. The van der Waals surface area contributed by atoms with E-state index in [0.717, 1.165) is 32.4 Å². The van der Waals surface area contributed by atoms with Gasteiger partial charge in [-0.15, -0.1) is 0 Å². The van der Waals surface area contributed by atoms with E-state index in [4.69, 9.17) is 0 Å². The van der Waals surface area contributed by atoms with E-state index in [9.17, 15) is 0 Å². The second-order valence-corrected chi connectivity index (χ2v) is 9.49. The molecule has 2 aromatic carbocycles. The summed E-state index contributed by atoms with van der Waals surface area (Å²) in [6.45, 7) is 11.0. The van der Waals surface area contributed by atoms with Crippen molar-refractivity contribution >= 4 is 29.2 Å². The number of fused-ring (bicyclic) bond motifs is 3. The standard InChI is InChI=1S/C32H39N2/c1-6-9-24-32(4)30(23-18-25-16-20-27(21-17-25)34(7-2)8-3)33(5)29-22-19-26-14-12-10-11-13-15-28(26)31(29)32/h6,9-10,12-13,15-23H,7-8,11,14,24H2,1-5H3/q+1/b9-6+,12-10-,15-13-. The van der Waals surface area contributed by atoms with Crippen molar-refractivity contribution < 1.29 is 4.58 Å². The summed E-state index contributed by atoms with van der Waals surface area (Å²) in [6.07, 6.45) is 21.4. The Balaban J connectivity index is 1.75. The molecule has 0 bridgehead atoms. The summed E-state index contributed by atoms with van der Waals surface area (Å²) < 4.78 is 2.41. The Morgan fingerprint density at radius 1 is 0.971 bits per heavy atom. The molecule has 2 nitrogen and oxygen atoms in total. The molecule has 0 radical (unpaired) electrons. The van der Waals surface area contributed by atoms with Crippen LogP contribution in [0.3, 0.4) is 0 Å². The number of hydrogen-bond donors (Lipinski definition) is 0. The summed E-state index contributed by atoms with van der Waals surface area (Å²) in [5.41, 5.74) is 9.43. The molecule has 2 aromatic rings. The first-order chi connectivity index (χ1) is 16.5. The summed E-state index contributed by atoms with van der Waals surface area (Å²) in [7, 11) is 2.22. The van der Waals surface area contributed by atoms with E-state index in [-0.39, 0.29) is 5.41 Å². The van der Waals surface area contributed by atoms with Gasteiger partial charge in [0.2, 0.25) is 5.69 Å². The summed E-state index contributed by atoms with van der Waals surface area (Å²) in [4.78, 5) is 2.38. The Bertz CT molecular complexity index is 1170. The molecule has 0 saturated heterocycles. The zero-order valence-corrected chi connectivity index (χ0v) is 21.5. The molecule has 0 N–H and O–H groups in total. The van der Waals surface area contributed by atoms with E-state index in [1.807, 2.05) is 0 Å². The van der Waals surface area contributed by atoms with E-state index in [0.29, 0.717) is 0 Å². The minimum atomic E-state index is -0.0765. The third-order valence-corrected chi connectivity index (χ3v) is 7.43. The third kappa shape index (κ3) is 4.46. The second-order valence-electron chi connectivity index (χ2n) is 9.49. The van der Waals surface area contributed by atoms with Crippen LogP contribution in [0.25, 0.3) is 12.2 Å². The van der Waals surface area contributed by atoms with Crippen molar-refractivity contribution in [3.8, 4) is 0 Å². The Kier molecular flexibility index (Phi) is 7.36. The second kappa shape index (κ2) is 10.4. The SMILES string of the molecule is C/C=C/CC1(C)C(/C=C/c2ccc(N(CC)CC)cc2)=[N+](C)c2ccc3c(c21)/C=C\C/C=C\C3. The van der Waals surface area contributed by atoms with E-state index in [1.54, 1.807) is 0 Å². The third-order valence-electron chi connectivity index (χ3n) is 7.43. The summed E-state index contributed by atoms with van der Waals surface area (Å²) >= 11 is 0. The summed E-state index contributed by atoms with van der Waals surface area (Å²) in [5, 5.41) is 0. The van der Waals surface area contributed by atoms with Crippen LogP contribution in [-0.4, -0.2) is 30.4 Å². The summed E-state index contributed by atoms with van der Waals surface area (Å²) in [6, 6.07) is 13.6. The summed E-state index contributed by atoms with van der Waals surface area (Å²) in [5.74, 6) is 0. The van der Waals surface area contributed by atoms with Gasteiger partial charge in [0.25, 0.3) is 0 Å². The number of rotatable bonds is 7. The fourth-order valence-electron chi connectivity index (χ4n) is 5.49. The van der Waals surface area contributed by atoms with Crippen LogP contribution in [0.1, 0.15) is 62.8 Å². The number of hydrogen-bond acceptors (Lipinski definition) is 1. The molecule has 0 spiro atoms. The maximum Gasteiger partial charge on any atom is 0.210 e. The Morgan fingerprint density at radius 3 is 2.44 bits per heavy atom. The van der Waals surface area contributed by atoms with Crippen molar-refractivity contribution in [3.63, 3.8) is 0 Å². The zero-order chi connectivity index (χ0) is 24.1. The van der Waals surface area contributed by atoms with Gasteiger partial charge >= 0.3 is 0 Å². The molecule has 1 atom stereocenters. The maximum absolute atomic E-state index is 2.42. The quantitative estimate of drug-likeness (QED) is 0.308. The zero-order valence-electron chi connectivity index (χ0n) is 21.5. The van der Waals surface area contributed by atoms with Crippen LogP contribution in [0, 0.1) is 0 Å². The van der Waals surface area contributed by atoms with E-state index < -0.39 is 0 Å². The molecule has 0 aromatic heterocycles. The molecule has 4 rings (SSSR count). The highest BCUT2D eigenvalue weighted by Crippen LogP contribution is 2.46. The van der Waals surface area contributed by atoms with Gasteiger partial charge in [-0.3, -0.25) is 0 Å². The van der Waals surface area contributed by atoms with Gasteiger partial charge in [-0.25, -0.2) is 0 Å². The Labute approximate surface area is 206 Å². The van der Waals surface area contributed by atoms with Crippen molar-refractivity contribution in [2.45, 2.75) is 52.4 Å². The van der Waals surface area contributed by atoms with Crippen LogP contribution in [0.2, 0.25) is 0 Å². The molecule has 0 fully saturated rings. The lowest BCUT2D eigenvalue weighted by Crippen LogP contribution is -2.31. The first-order valence-electron chi connectivity index (χ1n) is 12.8. The lowest BCUT2D eigenvalue weighted by Gasteiger charge is -2.24. The Hall–Kier alpha value is -3.13. The van der Waals surface area contributed by atoms with E-state index in [1.165, 1.54) is 39.3 Å². The maximum atomic E-state index is 2.42. The minimum Gasteiger partial charge on any atom is -0.372 e. The van der Waals surface area contributed by atoms with Crippen LogP contribution < -0.4 is 4.90 Å². The first-order valence-corrected chi connectivity index (χ1v) is 12.8. The molecule has 0 saturated carbocycles. The smallest absolute Gasteiger partial charge is 0.210 e. The molecule has 1 aliphatic heterocycles. The van der Waals surface area contributed by atoms with Crippen LogP contribution >= 0.6 is 0 Å². The average molecular weight is 452 g/mol.